The van der Waals surface area contributed by atoms with Gasteiger partial charge in [0, 0.05) is 12.0 Å². The van der Waals surface area contributed by atoms with Crippen molar-refractivity contribution in [3.05, 3.63) is 42.2 Å². The number of hydrogen-bond donors (Lipinski definition) is 1. The number of aliphatic hydroxyl groups excluding tert-OH is 1. The highest BCUT2D eigenvalue weighted by Gasteiger charge is 2.05. The Morgan fingerprint density at radius 2 is 2.00 bits per heavy atom. The van der Waals surface area contributed by atoms with Gasteiger partial charge in [0.05, 0.1) is 6.61 Å². The molecule has 0 radical (unpaired) electrons. The molecular formula is C11H10FNO2. The van der Waals surface area contributed by atoms with Crippen molar-refractivity contribution in [1.29, 1.82) is 0 Å². The van der Waals surface area contributed by atoms with Gasteiger partial charge in [-0.05, 0) is 24.3 Å². The van der Waals surface area contributed by atoms with Gasteiger partial charge in [0.25, 0.3) is 0 Å². The molecule has 1 aromatic heterocycles. The van der Waals surface area contributed by atoms with Gasteiger partial charge in [0.15, 0.2) is 5.89 Å². The zero-order valence-corrected chi connectivity index (χ0v) is 7.98. The smallest absolute Gasteiger partial charge is 0.196 e. The maximum atomic E-state index is 12.7. The molecule has 0 unspecified atom stereocenters. The van der Waals surface area contributed by atoms with E-state index in [0.717, 1.165) is 5.56 Å². The zero-order chi connectivity index (χ0) is 10.7. The van der Waals surface area contributed by atoms with Gasteiger partial charge in [0.1, 0.15) is 17.8 Å². The molecule has 0 atom stereocenters. The van der Waals surface area contributed by atoms with Crippen molar-refractivity contribution in [3.63, 3.8) is 0 Å². The van der Waals surface area contributed by atoms with Gasteiger partial charge < -0.3 is 9.52 Å². The maximum absolute atomic E-state index is 12.7. The molecule has 2 rings (SSSR count). The minimum atomic E-state index is -0.280. The molecule has 0 aliphatic carbocycles. The van der Waals surface area contributed by atoms with Gasteiger partial charge in [-0.1, -0.05) is 0 Å². The van der Waals surface area contributed by atoms with E-state index in [-0.39, 0.29) is 12.4 Å². The van der Waals surface area contributed by atoms with E-state index >= 15 is 0 Å². The zero-order valence-electron chi connectivity index (χ0n) is 7.98. The van der Waals surface area contributed by atoms with Gasteiger partial charge in [-0.2, -0.15) is 0 Å². The molecule has 1 heterocycles. The Kier molecular flexibility index (Phi) is 2.78. The third kappa shape index (κ3) is 2.22. The lowest BCUT2D eigenvalue weighted by Gasteiger charge is -1.93. The highest BCUT2D eigenvalue weighted by Crippen LogP contribution is 2.18. The summed E-state index contributed by atoms with van der Waals surface area (Å²) < 4.78 is 17.8. The molecule has 0 aliphatic rings. The first-order valence-electron chi connectivity index (χ1n) is 4.61. The predicted molar refractivity (Wildman–Crippen MR) is 52.7 cm³/mol. The van der Waals surface area contributed by atoms with E-state index in [1.54, 1.807) is 12.1 Å². The largest absolute Gasteiger partial charge is 0.448 e. The molecule has 1 N–H and O–H groups in total. The van der Waals surface area contributed by atoms with Crippen molar-refractivity contribution in [3.8, 4) is 11.3 Å². The number of halogens is 1. The van der Waals surface area contributed by atoms with Crippen molar-refractivity contribution >= 4 is 0 Å². The van der Waals surface area contributed by atoms with E-state index in [1.807, 2.05) is 0 Å². The maximum Gasteiger partial charge on any atom is 0.196 e. The van der Waals surface area contributed by atoms with Crippen LogP contribution < -0.4 is 0 Å². The monoisotopic (exact) mass is 207 g/mol. The number of benzene rings is 1. The van der Waals surface area contributed by atoms with E-state index in [0.29, 0.717) is 18.0 Å². The number of rotatable bonds is 3. The van der Waals surface area contributed by atoms with E-state index in [2.05, 4.69) is 4.98 Å². The fourth-order valence-corrected chi connectivity index (χ4v) is 1.27. The average Bonchev–Trinajstić information content (AvgIpc) is 2.68. The Hall–Kier alpha value is -1.68. The fraction of sp³-hybridized carbons (Fsp3) is 0.182. The summed E-state index contributed by atoms with van der Waals surface area (Å²) in [7, 11) is 0. The molecule has 2 aromatic rings. The summed E-state index contributed by atoms with van der Waals surface area (Å²) in [6.07, 6.45) is 1.89. The minimum absolute atomic E-state index is 0.00334. The molecule has 15 heavy (non-hydrogen) atoms. The summed E-state index contributed by atoms with van der Waals surface area (Å²) in [5.74, 6) is 0.203. The number of oxazole rings is 1. The van der Waals surface area contributed by atoms with Crippen LogP contribution >= 0.6 is 0 Å². The van der Waals surface area contributed by atoms with Crippen LogP contribution in [-0.4, -0.2) is 16.7 Å². The molecule has 0 saturated carbocycles. The van der Waals surface area contributed by atoms with Crippen LogP contribution in [0.15, 0.2) is 34.9 Å². The molecule has 0 saturated heterocycles. The molecule has 1 aromatic carbocycles. The third-order valence-corrected chi connectivity index (χ3v) is 2.02. The number of nitrogens with zero attached hydrogens (tertiary/aromatic N) is 1. The normalized spacial score (nSPS) is 10.5. The second kappa shape index (κ2) is 4.23. The van der Waals surface area contributed by atoms with Crippen LogP contribution in [0.5, 0.6) is 0 Å². The number of hydrogen-bond acceptors (Lipinski definition) is 3. The second-order valence-corrected chi connectivity index (χ2v) is 3.11. The number of aromatic nitrogens is 1. The van der Waals surface area contributed by atoms with Crippen LogP contribution in [0.1, 0.15) is 5.89 Å². The first kappa shape index (κ1) is 9.86. The van der Waals surface area contributed by atoms with Crippen molar-refractivity contribution in [2.24, 2.45) is 0 Å². The van der Waals surface area contributed by atoms with E-state index < -0.39 is 0 Å². The molecule has 0 spiro atoms. The lowest BCUT2D eigenvalue weighted by molar-refractivity contribution is 0.285. The summed E-state index contributed by atoms with van der Waals surface area (Å²) in [5.41, 5.74) is 1.45. The molecule has 3 nitrogen and oxygen atoms in total. The lowest BCUT2D eigenvalue weighted by Crippen LogP contribution is -1.90. The Labute approximate surface area is 86.2 Å². The van der Waals surface area contributed by atoms with Crippen LogP contribution in [0.4, 0.5) is 4.39 Å². The molecule has 0 bridgehead atoms. The summed E-state index contributed by atoms with van der Waals surface area (Å²) in [6, 6.07) is 6.01. The van der Waals surface area contributed by atoms with Crippen LogP contribution in [0.25, 0.3) is 11.3 Å². The summed E-state index contributed by atoms with van der Waals surface area (Å²) in [5, 5.41) is 8.69. The van der Waals surface area contributed by atoms with Crippen LogP contribution in [0.3, 0.4) is 0 Å². The fourth-order valence-electron chi connectivity index (χ4n) is 1.27. The van der Waals surface area contributed by atoms with Gasteiger partial charge in [-0.25, -0.2) is 9.37 Å². The van der Waals surface area contributed by atoms with E-state index in [1.165, 1.54) is 18.4 Å². The summed E-state index contributed by atoms with van der Waals surface area (Å²) in [4.78, 5) is 4.15. The highest BCUT2D eigenvalue weighted by molar-refractivity contribution is 5.57. The average molecular weight is 207 g/mol. The summed E-state index contributed by atoms with van der Waals surface area (Å²) in [6.45, 7) is 0.00334. The third-order valence-electron chi connectivity index (χ3n) is 2.02. The first-order valence-corrected chi connectivity index (χ1v) is 4.61. The minimum Gasteiger partial charge on any atom is -0.448 e. The highest BCUT2D eigenvalue weighted by atomic mass is 19.1. The predicted octanol–water partition coefficient (Wildman–Crippen LogP) is 2.02. The van der Waals surface area contributed by atoms with Crippen LogP contribution in [-0.2, 0) is 6.42 Å². The van der Waals surface area contributed by atoms with Crippen molar-refractivity contribution < 1.29 is 13.9 Å². The molecular weight excluding hydrogens is 197 g/mol. The van der Waals surface area contributed by atoms with Crippen LogP contribution in [0.2, 0.25) is 0 Å². The number of aliphatic hydroxyl groups is 1. The van der Waals surface area contributed by atoms with E-state index in [9.17, 15) is 4.39 Å². The quantitative estimate of drug-likeness (QED) is 0.837. The van der Waals surface area contributed by atoms with Crippen molar-refractivity contribution in [2.75, 3.05) is 6.61 Å². The Morgan fingerprint density at radius 1 is 1.27 bits per heavy atom. The summed E-state index contributed by atoms with van der Waals surface area (Å²) >= 11 is 0. The van der Waals surface area contributed by atoms with Gasteiger partial charge in [0.2, 0.25) is 0 Å². The van der Waals surface area contributed by atoms with Gasteiger partial charge in [-0.15, -0.1) is 0 Å². The molecule has 4 heteroatoms. The standard InChI is InChI=1S/C11H10FNO2/c12-9-3-1-8(2-4-9)10-7-15-11(13-10)5-6-14/h1-4,7,14H,5-6H2. The molecule has 0 aliphatic heterocycles. The van der Waals surface area contributed by atoms with Gasteiger partial charge in [-0.3, -0.25) is 0 Å². The molecule has 0 fully saturated rings. The Balaban J connectivity index is 2.25. The SMILES string of the molecule is OCCc1nc(-c2ccc(F)cc2)co1. The molecule has 0 amide bonds. The lowest BCUT2D eigenvalue weighted by atomic mass is 10.2. The van der Waals surface area contributed by atoms with Gasteiger partial charge >= 0.3 is 0 Å². The van der Waals surface area contributed by atoms with Crippen LogP contribution in [0, 0.1) is 5.82 Å². The Bertz CT molecular complexity index is 436. The molecule has 78 valence electrons. The van der Waals surface area contributed by atoms with Crippen molar-refractivity contribution in [2.45, 2.75) is 6.42 Å². The first-order chi connectivity index (χ1) is 7.29. The van der Waals surface area contributed by atoms with E-state index in [4.69, 9.17) is 9.52 Å². The second-order valence-electron chi connectivity index (χ2n) is 3.11. The van der Waals surface area contributed by atoms with Crippen molar-refractivity contribution in [1.82, 2.24) is 4.98 Å². The Morgan fingerprint density at radius 3 is 2.67 bits per heavy atom. The topological polar surface area (TPSA) is 46.3 Å².